The van der Waals surface area contributed by atoms with Crippen molar-refractivity contribution in [3.8, 4) is 50.6 Å². The van der Waals surface area contributed by atoms with Crippen molar-refractivity contribution in [2.45, 2.75) is 19.3 Å². The van der Waals surface area contributed by atoms with Gasteiger partial charge in [-0.25, -0.2) is 0 Å². The van der Waals surface area contributed by atoms with Crippen LogP contribution in [0.4, 0.5) is 0 Å². The molecule has 1 nitrogen and oxygen atoms in total. The van der Waals surface area contributed by atoms with Crippen molar-refractivity contribution in [3.05, 3.63) is 180 Å². The van der Waals surface area contributed by atoms with Crippen LogP contribution in [-0.4, -0.2) is 0 Å². The number of nitriles is 1. The van der Waals surface area contributed by atoms with E-state index in [0.717, 1.165) is 0 Å². The van der Waals surface area contributed by atoms with Crippen LogP contribution in [0.15, 0.2) is 164 Å². The van der Waals surface area contributed by atoms with Gasteiger partial charge in [0, 0.05) is 5.41 Å². The molecular formula is C50H33N. The molecule has 0 aromatic heterocycles. The minimum absolute atomic E-state index is 0.210. The highest BCUT2D eigenvalue weighted by molar-refractivity contribution is 6.22. The third-order valence-corrected chi connectivity index (χ3v) is 11.2. The highest BCUT2D eigenvalue weighted by Crippen LogP contribution is 2.51. The smallest absolute Gasteiger partial charge is 0.0991 e. The van der Waals surface area contributed by atoms with Crippen LogP contribution in [0, 0.1) is 11.3 Å². The molecule has 0 spiro atoms. The molecular weight excluding hydrogens is 615 g/mol. The molecule has 0 saturated carbocycles. The Balaban J connectivity index is 1.13. The summed E-state index contributed by atoms with van der Waals surface area (Å²) in [7, 11) is 0. The summed E-state index contributed by atoms with van der Waals surface area (Å²) in [5.41, 5.74) is 12.9. The van der Waals surface area contributed by atoms with Gasteiger partial charge in [-0.1, -0.05) is 141 Å². The lowest BCUT2D eigenvalue weighted by molar-refractivity contribution is 0.660. The zero-order valence-corrected chi connectivity index (χ0v) is 28.5. The predicted octanol–water partition coefficient (Wildman–Crippen LogP) is 13.5. The van der Waals surface area contributed by atoms with Gasteiger partial charge in [0.2, 0.25) is 0 Å². The number of benzene rings is 9. The Morgan fingerprint density at radius 2 is 0.804 bits per heavy atom. The molecule has 0 saturated heterocycles. The van der Waals surface area contributed by atoms with E-state index in [1.165, 1.54) is 98.7 Å². The Labute approximate surface area is 297 Å². The highest BCUT2D eigenvalue weighted by Gasteiger charge is 2.36. The van der Waals surface area contributed by atoms with Crippen molar-refractivity contribution >= 4 is 43.1 Å². The van der Waals surface area contributed by atoms with Gasteiger partial charge in [-0.15, -0.1) is 0 Å². The molecule has 0 radical (unpaired) electrons. The summed E-state index contributed by atoms with van der Waals surface area (Å²) < 4.78 is 0. The summed E-state index contributed by atoms with van der Waals surface area (Å²) in [6.45, 7) is 4.57. The van der Waals surface area contributed by atoms with Crippen LogP contribution < -0.4 is 0 Å². The third kappa shape index (κ3) is 4.47. The van der Waals surface area contributed by atoms with Gasteiger partial charge < -0.3 is 0 Å². The van der Waals surface area contributed by atoms with Gasteiger partial charge in [0.25, 0.3) is 0 Å². The Hall–Kier alpha value is -6.49. The summed E-state index contributed by atoms with van der Waals surface area (Å²) in [5.74, 6) is 0. The van der Waals surface area contributed by atoms with Gasteiger partial charge >= 0.3 is 0 Å². The van der Waals surface area contributed by atoms with E-state index in [9.17, 15) is 5.26 Å². The highest BCUT2D eigenvalue weighted by atomic mass is 14.4. The number of fused-ring (bicyclic) bond motifs is 7. The maximum absolute atomic E-state index is 9.64. The van der Waals surface area contributed by atoms with E-state index >= 15 is 0 Å². The van der Waals surface area contributed by atoms with Crippen molar-refractivity contribution < 1.29 is 0 Å². The summed E-state index contributed by atoms with van der Waals surface area (Å²) in [6.07, 6.45) is 0. The van der Waals surface area contributed by atoms with Gasteiger partial charge in [-0.3, -0.25) is 0 Å². The minimum atomic E-state index is -0.210. The van der Waals surface area contributed by atoms with Gasteiger partial charge in [0.05, 0.1) is 11.6 Å². The Kier molecular flexibility index (Phi) is 6.35. The first kappa shape index (κ1) is 29.4. The fourth-order valence-corrected chi connectivity index (χ4v) is 8.66. The third-order valence-electron chi connectivity index (χ3n) is 11.2. The zero-order chi connectivity index (χ0) is 34.3. The van der Waals surface area contributed by atoms with Crippen molar-refractivity contribution in [2.75, 3.05) is 0 Å². The van der Waals surface area contributed by atoms with Gasteiger partial charge in [0.1, 0.15) is 0 Å². The molecule has 0 unspecified atom stereocenters. The molecule has 10 rings (SSSR count). The monoisotopic (exact) mass is 647 g/mol. The van der Waals surface area contributed by atoms with E-state index < -0.39 is 0 Å². The number of hydrogen-bond acceptors (Lipinski definition) is 1. The van der Waals surface area contributed by atoms with Crippen LogP contribution in [-0.2, 0) is 5.41 Å². The first-order valence-electron chi connectivity index (χ1n) is 17.6. The molecule has 238 valence electrons. The molecule has 0 fully saturated rings. The summed E-state index contributed by atoms with van der Waals surface area (Å²) >= 11 is 0. The van der Waals surface area contributed by atoms with Crippen LogP contribution in [0.5, 0.6) is 0 Å². The molecule has 0 bridgehead atoms. The SMILES string of the molecule is CC1(C)c2cc(C#N)ccc2-c2ccc(-c3c4ccccc4c(-c4ccc5cc(-c6ccc7ccccc7c6)ccc5c4)c4ccccc34)cc21. The fourth-order valence-electron chi connectivity index (χ4n) is 8.66. The molecule has 0 aliphatic heterocycles. The Morgan fingerprint density at radius 3 is 1.39 bits per heavy atom. The number of hydrogen-bond donors (Lipinski definition) is 0. The standard InChI is InChI=1S/C50H33N/c1-50(2)46-25-31(30-51)15-23-40(46)41-24-22-39(29-47(41)50)49-44-13-7-5-11-42(44)48(43-12-6-8-14-45(43)49)38-21-20-36-27-35(18-19-37(36)28-38)34-17-16-32-9-3-4-10-33(32)26-34/h3-29H,1-2H3. The summed E-state index contributed by atoms with van der Waals surface area (Å²) in [6, 6.07) is 62.3. The van der Waals surface area contributed by atoms with Gasteiger partial charge in [-0.05, 0) is 135 Å². The van der Waals surface area contributed by atoms with Crippen molar-refractivity contribution in [1.29, 1.82) is 5.26 Å². The molecule has 0 amide bonds. The van der Waals surface area contributed by atoms with Crippen LogP contribution in [0.2, 0.25) is 0 Å². The van der Waals surface area contributed by atoms with Crippen LogP contribution in [0.1, 0.15) is 30.5 Å². The zero-order valence-electron chi connectivity index (χ0n) is 28.5. The predicted molar refractivity (Wildman–Crippen MR) is 215 cm³/mol. The maximum Gasteiger partial charge on any atom is 0.0991 e. The van der Waals surface area contributed by atoms with Gasteiger partial charge in [-0.2, -0.15) is 5.26 Å². The normalized spacial score (nSPS) is 13.0. The lowest BCUT2D eigenvalue weighted by atomic mass is 9.80. The topological polar surface area (TPSA) is 23.8 Å². The molecule has 1 aliphatic carbocycles. The molecule has 0 heterocycles. The first-order valence-corrected chi connectivity index (χ1v) is 17.6. The molecule has 9 aromatic carbocycles. The minimum Gasteiger partial charge on any atom is -0.192 e. The molecule has 0 N–H and O–H groups in total. The number of rotatable bonds is 3. The molecule has 51 heavy (non-hydrogen) atoms. The van der Waals surface area contributed by atoms with Crippen LogP contribution in [0.3, 0.4) is 0 Å². The lowest BCUT2D eigenvalue weighted by Crippen LogP contribution is -2.15. The van der Waals surface area contributed by atoms with Crippen molar-refractivity contribution in [1.82, 2.24) is 0 Å². The summed E-state index contributed by atoms with van der Waals surface area (Å²) in [4.78, 5) is 0. The molecule has 1 aliphatic rings. The van der Waals surface area contributed by atoms with E-state index in [1.807, 2.05) is 6.07 Å². The number of nitrogens with zero attached hydrogens (tertiary/aromatic N) is 1. The van der Waals surface area contributed by atoms with E-state index in [1.54, 1.807) is 0 Å². The van der Waals surface area contributed by atoms with Crippen molar-refractivity contribution in [3.63, 3.8) is 0 Å². The first-order chi connectivity index (χ1) is 25.0. The second-order valence-electron chi connectivity index (χ2n) is 14.4. The van der Waals surface area contributed by atoms with Gasteiger partial charge in [0.15, 0.2) is 0 Å². The van der Waals surface area contributed by atoms with Crippen LogP contribution >= 0.6 is 0 Å². The largest absolute Gasteiger partial charge is 0.192 e. The Morgan fingerprint density at radius 1 is 0.392 bits per heavy atom. The van der Waals surface area contributed by atoms with E-state index in [-0.39, 0.29) is 5.41 Å². The Bertz CT molecular complexity index is 2900. The molecule has 0 atom stereocenters. The molecule has 1 heteroatoms. The second-order valence-corrected chi connectivity index (χ2v) is 14.4. The maximum atomic E-state index is 9.64. The quantitative estimate of drug-likeness (QED) is 0.175. The average Bonchev–Trinajstić information content (AvgIpc) is 3.40. The van der Waals surface area contributed by atoms with E-state index in [4.69, 9.17) is 0 Å². The molecule has 9 aromatic rings. The fraction of sp³-hybridized carbons (Fsp3) is 0.0600. The van der Waals surface area contributed by atoms with E-state index in [0.29, 0.717) is 5.56 Å². The van der Waals surface area contributed by atoms with E-state index in [2.05, 4.69) is 178 Å². The second kappa shape index (κ2) is 11.0. The lowest BCUT2D eigenvalue weighted by Gasteiger charge is -2.23. The van der Waals surface area contributed by atoms with Crippen LogP contribution in [0.25, 0.3) is 87.6 Å². The van der Waals surface area contributed by atoms with Crippen molar-refractivity contribution in [2.24, 2.45) is 0 Å². The average molecular weight is 648 g/mol. The summed E-state index contributed by atoms with van der Waals surface area (Å²) in [5, 5.41) is 19.6.